The summed E-state index contributed by atoms with van der Waals surface area (Å²) in [6.45, 7) is 6.40. The van der Waals surface area contributed by atoms with Crippen molar-refractivity contribution in [2.75, 3.05) is 45.4 Å². The van der Waals surface area contributed by atoms with Crippen molar-refractivity contribution in [2.24, 2.45) is 0 Å². The van der Waals surface area contributed by atoms with Gasteiger partial charge >= 0.3 is 0 Å². The van der Waals surface area contributed by atoms with Gasteiger partial charge in [0.1, 0.15) is 0 Å². The van der Waals surface area contributed by atoms with Crippen molar-refractivity contribution in [3.8, 4) is 0 Å². The molecule has 0 amide bonds. The highest BCUT2D eigenvalue weighted by atomic mass is 16.5. The maximum absolute atomic E-state index is 5.22. The van der Waals surface area contributed by atoms with Gasteiger partial charge < -0.3 is 19.7 Å². The summed E-state index contributed by atoms with van der Waals surface area (Å²) in [7, 11) is 3.49. The molecule has 0 saturated heterocycles. The molecule has 1 fully saturated rings. The van der Waals surface area contributed by atoms with Crippen LogP contribution in [0.4, 0.5) is 5.69 Å². The first-order valence-electron chi connectivity index (χ1n) is 7.80. The summed E-state index contributed by atoms with van der Waals surface area (Å²) in [5.74, 6) is 0. The fourth-order valence-corrected chi connectivity index (χ4v) is 2.49. The number of nitrogens with zero attached hydrogens (tertiary/aromatic N) is 1. The molecule has 2 rings (SSSR count). The molecular weight excluding hydrogens is 264 g/mol. The number of aryl methyl sites for hydroxylation is 1. The van der Waals surface area contributed by atoms with E-state index in [1.54, 1.807) is 14.2 Å². The summed E-state index contributed by atoms with van der Waals surface area (Å²) < 4.78 is 10.4. The summed E-state index contributed by atoms with van der Waals surface area (Å²) in [4.78, 5) is 2.33. The number of anilines is 1. The normalized spacial score (nSPS) is 14.4. The zero-order chi connectivity index (χ0) is 15.1. The van der Waals surface area contributed by atoms with E-state index in [9.17, 15) is 0 Å². The van der Waals surface area contributed by atoms with Crippen LogP contribution >= 0.6 is 0 Å². The van der Waals surface area contributed by atoms with E-state index in [0.717, 1.165) is 38.9 Å². The molecule has 0 spiro atoms. The standard InChI is InChI=1S/C17H28N2O2/c1-14-12-15(13-18-16-5-6-16)4-7-17(14)19(8-10-20-2)9-11-21-3/h4,7,12,16,18H,5-6,8-11,13H2,1-3H3. The van der Waals surface area contributed by atoms with E-state index in [1.807, 2.05) is 0 Å². The minimum Gasteiger partial charge on any atom is -0.383 e. The third kappa shape index (κ3) is 5.30. The number of methoxy groups -OCH3 is 2. The molecule has 0 heterocycles. The fourth-order valence-electron chi connectivity index (χ4n) is 2.49. The molecule has 1 aliphatic carbocycles. The Morgan fingerprint density at radius 2 is 1.81 bits per heavy atom. The lowest BCUT2D eigenvalue weighted by molar-refractivity contribution is 0.190. The zero-order valence-corrected chi connectivity index (χ0v) is 13.5. The number of hydrogen-bond donors (Lipinski definition) is 1. The maximum atomic E-state index is 5.22. The Kier molecular flexibility index (Phi) is 6.49. The fraction of sp³-hybridized carbons (Fsp3) is 0.647. The topological polar surface area (TPSA) is 33.7 Å². The molecule has 21 heavy (non-hydrogen) atoms. The van der Waals surface area contributed by atoms with E-state index in [4.69, 9.17) is 9.47 Å². The highest BCUT2D eigenvalue weighted by molar-refractivity contribution is 5.54. The van der Waals surface area contributed by atoms with Crippen LogP contribution in [-0.4, -0.2) is 46.6 Å². The molecule has 1 aromatic carbocycles. The predicted molar refractivity (Wildman–Crippen MR) is 87.0 cm³/mol. The van der Waals surface area contributed by atoms with Gasteiger partial charge in [-0.05, 0) is 37.0 Å². The molecule has 0 unspecified atom stereocenters. The van der Waals surface area contributed by atoms with Crippen molar-refractivity contribution < 1.29 is 9.47 Å². The number of rotatable bonds is 10. The lowest BCUT2D eigenvalue weighted by Gasteiger charge is -2.26. The molecule has 1 saturated carbocycles. The van der Waals surface area contributed by atoms with Gasteiger partial charge in [0.25, 0.3) is 0 Å². The first-order chi connectivity index (χ1) is 10.2. The number of ether oxygens (including phenoxy) is 2. The monoisotopic (exact) mass is 292 g/mol. The number of benzene rings is 1. The van der Waals surface area contributed by atoms with Crippen LogP contribution < -0.4 is 10.2 Å². The molecule has 118 valence electrons. The lowest BCUT2D eigenvalue weighted by Crippen LogP contribution is -2.31. The van der Waals surface area contributed by atoms with Crippen molar-refractivity contribution >= 4 is 5.69 Å². The SMILES string of the molecule is COCCN(CCOC)c1ccc(CNC2CC2)cc1C. The molecular formula is C17H28N2O2. The highest BCUT2D eigenvalue weighted by Gasteiger charge is 2.20. The molecule has 0 bridgehead atoms. The second-order valence-corrected chi connectivity index (χ2v) is 5.75. The second-order valence-electron chi connectivity index (χ2n) is 5.75. The van der Waals surface area contributed by atoms with E-state index in [0.29, 0.717) is 0 Å². The minimum atomic E-state index is 0.730. The van der Waals surface area contributed by atoms with Gasteiger partial charge in [0, 0.05) is 45.6 Å². The third-order valence-electron chi connectivity index (χ3n) is 3.90. The third-order valence-corrected chi connectivity index (χ3v) is 3.90. The largest absolute Gasteiger partial charge is 0.383 e. The number of nitrogens with one attached hydrogen (secondary N) is 1. The van der Waals surface area contributed by atoms with Crippen LogP contribution in [0.3, 0.4) is 0 Å². The molecule has 0 radical (unpaired) electrons. The summed E-state index contributed by atoms with van der Waals surface area (Å²) in [5, 5.41) is 3.56. The van der Waals surface area contributed by atoms with Gasteiger partial charge in [0.2, 0.25) is 0 Å². The van der Waals surface area contributed by atoms with Gasteiger partial charge in [-0.25, -0.2) is 0 Å². The van der Waals surface area contributed by atoms with Crippen molar-refractivity contribution in [2.45, 2.75) is 32.4 Å². The Morgan fingerprint density at radius 1 is 1.14 bits per heavy atom. The summed E-state index contributed by atoms with van der Waals surface area (Å²) in [6, 6.07) is 7.50. The van der Waals surface area contributed by atoms with Crippen molar-refractivity contribution in [1.29, 1.82) is 0 Å². The van der Waals surface area contributed by atoms with E-state index in [1.165, 1.54) is 29.7 Å². The average Bonchev–Trinajstić information content (AvgIpc) is 3.30. The van der Waals surface area contributed by atoms with Crippen molar-refractivity contribution in [1.82, 2.24) is 5.32 Å². The zero-order valence-electron chi connectivity index (χ0n) is 13.5. The highest BCUT2D eigenvalue weighted by Crippen LogP contribution is 2.23. The Hall–Kier alpha value is -1.10. The molecule has 4 nitrogen and oxygen atoms in total. The van der Waals surface area contributed by atoms with Gasteiger partial charge in [0.15, 0.2) is 0 Å². The predicted octanol–water partition coefficient (Wildman–Crippen LogP) is 2.35. The van der Waals surface area contributed by atoms with E-state index in [-0.39, 0.29) is 0 Å². The van der Waals surface area contributed by atoms with Crippen LogP contribution in [0.5, 0.6) is 0 Å². The van der Waals surface area contributed by atoms with Gasteiger partial charge in [-0.3, -0.25) is 0 Å². The Bertz CT molecular complexity index is 425. The van der Waals surface area contributed by atoms with Gasteiger partial charge in [-0.1, -0.05) is 12.1 Å². The van der Waals surface area contributed by atoms with Crippen molar-refractivity contribution in [3.63, 3.8) is 0 Å². The van der Waals surface area contributed by atoms with Crippen LogP contribution in [0.2, 0.25) is 0 Å². The first kappa shape index (κ1) is 16.3. The smallest absolute Gasteiger partial charge is 0.0637 e. The molecule has 1 aliphatic rings. The molecule has 0 atom stereocenters. The quantitative estimate of drug-likeness (QED) is 0.718. The van der Waals surface area contributed by atoms with Gasteiger partial charge in [-0.2, -0.15) is 0 Å². The summed E-state index contributed by atoms with van der Waals surface area (Å²) in [5.41, 5.74) is 3.96. The molecule has 0 aliphatic heterocycles. The molecule has 1 aromatic rings. The van der Waals surface area contributed by atoms with E-state index in [2.05, 4.69) is 35.3 Å². The summed E-state index contributed by atoms with van der Waals surface area (Å²) in [6.07, 6.45) is 2.66. The molecule has 1 N–H and O–H groups in total. The average molecular weight is 292 g/mol. The minimum absolute atomic E-state index is 0.730. The van der Waals surface area contributed by atoms with Crippen LogP contribution in [0, 0.1) is 6.92 Å². The van der Waals surface area contributed by atoms with Crippen LogP contribution in [0.15, 0.2) is 18.2 Å². The second kappa shape index (κ2) is 8.37. The summed E-state index contributed by atoms with van der Waals surface area (Å²) >= 11 is 0. The Balaban J connectivity index is 1.99. The van der Waals surface area contributed by atoms with Crippen LogP contribution in [-0.2, 0) is 16.0 Å². The van der Waals surface area contributed by atoms with E-state index < -0.39 is 0 Å². The van der Waals surface area contributed by atoms with Gasteiger partial charge in [0.05, 0.1) is 13.2 Å². The van der Waals surface area contributed by atoms with Crippen molar-refractivity contribution in [3.05, 3.63) is 29.3 Å². The van der Waals surface area contributed by atoms with Gasteiger partial charge in [-0.15, -0.1) is 0 Å². The first-order valence-corrected chi connectivity index (χ1v) is 7.80. The van der Waals surface area contributed by atoms with Crippen LogP contribution in [0.1, 0.15) is 24.0 Å². The molecule has 0 aromatic heterocycles. The molecule has 4 heteroatoms. The number of hydrogen-bond acceptors (Lipinski definition) is 4. The Morgan fingerprint density at radius 3 is 2.33 bits per heavy atom. The van der Waals surface area contributed by atoms with E-state index >= 15 is 0 Å². The van der Waals surface area contributed by atoms with Crippen LogP contribution in [0.25, 0.3) is 0 Å². The Labute approximate surface area is 128 Å². The maximum Gasteiger partial charge on any atom is 0.0637 e. The lowest BCUT2D eigenvalue weighted by atomic mass is 10.1.